The molecule has 0 spiro atoms. The third-order valence-electron chi connectivity index (χ3n) is 3.97. The van der Waals surface area contributed by atoms with Gasteiger partial charge in [-0.2, -0.15) is 0 Å². The number of carbonyl (C=O) groups is 1. The molecule has 1 aliphatic heterocycles. The first-order chi connectivity index (χ1) is 10.7. The van der Waals surface area contributed by atoms with E-state index in [0.29, 0.717) is 10.7 Å². The smallest absolute Gasteiger partial charge is 0.271 e. The molecular formula is C16H14ClN3OS. The predicted octanol–water partition coefficient (Wildman–Crippen LogP) is 3.95. The summed E-state index contributed by atoms with van der Waals surface area (Å²) >= 11 is 7.72. The zero-order valence-corrected chi connectivity index (χ0v) is 13.4. The number of nitrogens with zero attached hydrogens (tertiary/aromatic N) is 3. The normalized spacial score (nSPS) is 14.9. The second-order valence-corrected chi connectivity index (χ2v) is 6.62. The van der Waals surface area contributed by atoms with Crippen LogP contribution in [0.2, 0.25) is 5.02 Å². The van der Waals surface area contributed by atoms with Crippen molar-refractivity contribution in [3.63, 3.8) is 0 Å². The summed E-state index contributed by atoms with van der Waals surface area (Å²) in [5.41, 5.74) is 2.38. The zero-order chi connectivity index (χ0) is 15.1. The molecule has 22 heavy (non-hydrogen) atoms. The SMILES string of the molecule is O=C(c1csc2nc(-c3ccccc3Cl)cn12)N1CCCC1. The van der Waals surface area contributed by atoms with Crippen molar-refractivity contribution in [1.29, 1.82) is 0 Å². The van der Waals surface area contributed by atoms with Gasteiger partial charge in [-0.05, 0) is 18.9 Å². The number of hydrogen-bond acceptors (Lipinski definition) is 3. The summed E-state index contributed by atoms with van der Waals surface area (Å²) in [5, 5.41) is 2.56. The van der Waals surface area contributed by atoms with E-state index in [-0.39, 0.29) is 5.91 Å². The van der Waals surface area contributed by atoms with Crippen LogP contribution in [-0.2, 0) is 0 Å². The van der Waals surface area contributed by atoms with Crippen molar-refractivity contribution in [2.75, 3.05) is 13.1 Å². The summed E-state index contributed by atoms with van der Waals surface area (Å²) in [7, 11) is 0. The molecule has 112 valence electrons. The Hall–Kier alpha value is -1.85. The van der Waals surface area contributed by atoms with Crippen molar-refractivity contribution < 1.29 is 4.79 Å². The Labute approximate surface area is 137 Å². The Morgan fingerprint density at radius 2 is 2.00 bits per heavy atom. The molecule has 0 bridgehead atoms. The van der Waals surface area contributed by atoms with Gasteiger partial charge < -0.3 is 4.90 Å². The molecule has 0 saturated carbocycles. The van der Waals surface area contributed by atoms with E-state index in [9.17, 15) is 4.79 Å². The van der Waals surface area contributed by atoms with Crippen molar-refractivity contribution in [2.45, 2.75) is 12.8 Å². The fraction of sp³-hybridized carbons (Fsp3) is 0.250. The molecular weight excluding hydrogens is 318 g/mol. The van der Waals surface area contributed by atoms with Crippen LogP contribution < -0.4 is 0 Å². The highest BCUT2D eigenvalue weighted by Crippen LogP contribution is 2.29. The minimum absolute atomic E-state index is 0.0897. The number of thiazole rings is 1. The van der Waals surface area contributed by atoms with Gasteiger partial charge in [0.05, 0.1) is 10.7 Å². The molecule has 3 heterocycles. The maximum Gasteiger partial charge on any atom is 0.271 e. The van der Waals surface area contributed by atoms with Crippen molar-refractivity contribution in [1.82, 2.24) is 14.3 Å². The minimum atomic E-state index is 0.0897. The van der Waals surface area contributed by atoms with E-state index < -0.39 is 0 Å². The number of amides is 1. The van der Waals surface area contributed by atoms with Gasteiger partial charge in [-0.3, -0.25) is 9.20 Å². The topological polar surface area (TPSA) is 37.6 Å². The maximum absolute atomic E-state index is 12.6. The van der Waals surface area contributed by atoms with Crippen LogP contribution in [0.15, 0.2) is 35.8 Å². The third-order valence-corrected chi connectivity index (χ3v) is 5.14. The molecule has 1 aliphatic rings. The fourth-order valence-electron chi connectivity index (χ4n) is 2.82. The Morgan fingerprint density at radius 3 is 2.77 bits per heavy atom. The van der Waals surface area contributed by atoms with Crippen molar-refractivity contribution in [3.05, 3.63) is 46.6 Å². The summed E-state index contributed by atoms with van der Waals surface area (Å²) in [6.45, 7) is 1.70. The number of likely N-dealkylation sites (tertiary alicyclic amines) is 1. The van der Waals surface area contributed by atoms with E-state index in [1.807, 2.05) is 45.1 Å². The monoisotopic (exact) mass is 331 g/mol. The molecule has 3 aromatic rings. The van der Waals surface area contributed by atoms with Gasteiger partial charge in [0.25, 0.3) is 5.91 Å². The summed E-state index contributed by atoms with van der Waals surface area (Å²) in [5.74, 6) is 0.0897. The van der Waals surface area contributed by atoms with E-state index in [4.69, 9.17) is 11.6 Å². The number of hydrogen-bond donors (Lipinski definition) is 0. The molecule has 0 radical (unpaired) electrons. The lowest BCUT2D eigenvalue weighted by Gasteiger charge is -2.13. The Bertz CT molecular complexity index is 848. The number of halogens is 1. The number of fused-ring (bicyclic) bond motifs is 1. The first-order valence-corrected chi connectivity index (χ1v) is 8.50. The van der Waals surface area contributed by atoms with Crippen LogP contribution in [0.25, 0.3) is 16.2 Å². The highest BCUT2D eigenvalue weighted by Gasteiger charge is 2.23. The number of aromatic nitrogens is 2. The summed E-state index contributed by atoms with van der Waals surface area (Å²) in [6, 6.07) is 7.62. The summed E-state index contributed by atoms with van der Waals surface area (Å²) in [4.78, 5) is 19.9. The average molecular weight is 332 g/mol. The van der Waals surface area contributed by atoms with E-state index in [0.717, 1.165) is 42.1 Å². The molecule has 2 aromatic heterocycles. The highest BCUT2D eigenvalue weighted by atomic mass is 35.5. The molecule has 4 nitrogen and oxygen atoms in total. The van der Waals surface area contributed by atoms with E-state index in [1.54, 1.807) is 0 Å². The van der Waals surface area contributed by atoms with Crippen molar-refractivity contribution in [2.24, 2.45) is 0 Å². The molecule has 0 N–H and O–H groups in total. The van der Waals surface area contributed by atoms with Gasteiger partial charge in [0, 0.05) is 30.2 Å². The van der Waals surface area contributed by atoms with Gasteiger partial charge >= 0.3 is 0 Å². The maximum atomic E-state index is 12.6. The summed E-state index contributed by atoms with van der Waals surface area (Å²) in [6.07, 6.45) is 4.08. The van der Waals surface area contributed by atoms with E-state index in [1.165, 1.54) is 11.3 Å². The molecule has 0 aliphatic carbocycles. The molecule has 1 fully saturated rings. The number of carbonyl (C=O) groups excluding carboxylic acids is 1. The molecule has 0 atom stereocenters. The second kappa shape index (κ2) is 5.41. The van der Waals surface area contributed by atoms with Gasteiger partial charge in [-0.1, -0.05) is 29.8 Å². The van der Waals surface area contributed by atoms with Gasteiger partial charge in [0.15, 0.2) is 4.96 Å². The number of rotatable bonds is 2. The van der Waals surface area contributed by atoms with E-state index >= 15 is 0 Å². The Kier molecular flexibility index (Phi) is 3.39. The van der Waals surface area contributed by atoms with Gasteiger partial charge in [0.1, 0.15) is 5.69 Å². The van der Waals surface area contributed by atoms with Crippen LogP contribution in [0.3, 0.4) is 0 Å². The predicted molar refractivity (Wildman–Crippen MR) is 88.7 cm³/mol. The number of imidazole rings is 1. The summed E-state index contributed by atoms with van der Waals surface area (Å²) < 4.78 is 1.88. The van der Waals surface area contributed by atoms with E-state index in [2.05, 4.69) is 4.98 Å². The van der Waals surface area contributed by atoms with Crippen molar-refractivity contribution >= 4 is 33.8 Å². The molecule has 4 rings (SSSR count). The van der Waals surface area contributed by atoms with Crippen LogP contribution in [0.4, 0.5) is 0 Å². The van der Waals surface area contributed by atoms with Crippen molar-refractivity contribution in [3.8, 4) is 11.3 Å². The minimum Gasteiger partial charge on any atom is -0.337 e. The first-order valence-electron chi connectivity index (χ1n) is 7.25. The van der Waals surface area contributed by atoms with Crippen LogP contribution in [0.5, 0.6) is 0 Å². The molecule has 1 saturated heterocycles. The largest absolute Gasteiger partial charge is 0.337 e. The van der Waals surface area contributed by atoms with Gasteiger partial charge in [0.2, 0.25) is 0 Å². The van der Waals surface area contributed by atoms with Crippen LogP contribution in [-0.4, -0.2) is 33.3 Å². The van der Waals surface area contributed by atoms with Gasteiger partial charge in [-0.25, -0.2) is 4.98 Å². The first kappa shape index (κ1) is 13.8. The molecule has 1 aromatic carbocycles. The Balaban J connectivity index is 1.76. The molecule has 0 unspecified atom stereocenters. The van der Waals surface area contributed by atoms with Crippen LogP contribution in [0.1, 0.15) is 23.3 Å². The zero-order valence-electron chi connectivity index (χ0n) is 11.8. The second-order valence-electron chi connectivity index (χ2n) is 5.38. The highest BCUT2D eigenvalue weighted by molar-refractivity contribution is 7.15. The van der Waals surface area contributed by atoms with Gasteiger partial charge in [-0.15, -0.1) is 11.3 Å². The van der Waals surface area contributed by atoms with Crippen LogP contribution in [0, 0.1) is 0 Å². The standard InChI is InChI=1S/C16H14ClN3OS/c17-12-6-2-1-5-11(12)13-9-20-14(10-22-16(20)18-13)15(21)19-7-3-4-8-19/h1-2,5-6,9-10H,3-4,7-8H2. The quantitative estimate of drug-likeness (QED) is 0.713. The lowest BCUT2D eigenvalue weighted by atomic mass is 10.2. The average Bonchev–Trinajstić information content (AvgIpc) is 3.23. The number of benzene rings is 1. The molecule has 6 heteroatoms. The lowest BCUT2D eigenvalue weighted by molar-refractivity contribution is 0.0786. The fourth-order valence-corrected chi connectivity index (χ4v) is 3.90. The third kappa shape index (κ3) is 2.21. The molecule has 1 amide bonds. The van der Waals surface area contributed by atoms with Crippen LogP contribution >= 0.6 is 22.9 Å². The lowest BCUT2D eigenvalue weighted by Crippen LogP contribution is -2.28. The Morgan fingerprint density at radius 1 is 1.23 bits per heavy atom.